The molecule has 0 aliphatic carbocycles. The highest BCUT2D eigenvalue weighted by atomic mass is 16.4. The highest BCUT2D eigenvalue weighted by molar-refractivity contribution is 5.95. The molecule has 0 aromatic heterocycles. The smallest absolute Gasteiger partial charge is 0.338 e. The van der Waals surface area contributed by atoms with Crippen molar-refractivity contribution in [2.45, 2.75) is 13.0 Å². The molecule has 1 aliphatic rings. The fourth-order valence-corrected chi connectivity index (χ4v) is 2.46. The van der Waals surface area contributed by atoms with Crippen LogP contribution in [-0.2, 0) is 11.3 Å². The third-order valence-electron chi connectivity index (χ3n) is 3.47. The minimum absolute atomic E-state index is 0.144. The van der Waals surface area contributed by atoms with Gasteiger partial charge < -0.3 is 16.6 Å². The second kappa shape index (κ2) is 5.27. The third kappa shape index (κ3) is 2.85. The first-order chi connectivity index (χ1) is 8.99. The average Bonchev–Trinajstić information content (AvgIpc) is 2.77. The van der Waals surface area contributed by atoms with Gasteiger partial charge in [-0.15, -0.1) is 0 Å². The molecule has 1 aromatic carbocycles. The quantitative estimate of drug-likeness (QED) is 0.676. The van der Waals surface area contributed by atoms with Gasteiger partial charge in [-0.05, 0) is 24.6 Å². The molecule has 102 valence electrons. The number of nitrogens with zero attached hydrogens (tertiary/aromatic N) is 1. The molecule has 1 atom stereocenters. The van der Waals surface area contributed by atoms with E-state index >= 15 is 0 Å². The maximum atomic E-state index is 11.2. The van der Waals surface area contributed by atoms with Gasteiger partial charge in [0.15, 0.2) is 0 Å². The van der Waals surface area contributed by atoms with Crippen LogP contribution in [0.15, 0.2) is 18.2 Å². The van der Waals surface area contributed by atoms with Crippen LogP contribution in [0, 0.1) is 5.92 Å². The average molecular weight is 263 g/mol. The Hall–Kier alpha value is -2.08. The lowest BCUT2D eigenvalue weighted by atomic mass is 10.1. The fourth-order valence-electron chi connectivity index (χ4n) is 2.46. The molecule has 1 unspecified atom stereocenters. The van der Waals surface area contributed by atoms with E-state index in [0.717, 1.165) is 13.0 Å². The number of nitrogen functional groups attached to an aromatic ring is 1. The highest BCUT2D eigenvalue weighted by Crippen LogP contribution is 2.22. The van der Waals surface area contributed by atoms with E-state index in [9.17, 15) is 14.7 Å². The van der Waals surface area contributed by atoms with Crippen molar-refractivity contribution < 1.29 is 14.7 Å². The minimum Gasteiger partial charge on any atom is -0.478 e. The number of carboxylic acid groups (broad SMARTS) is 1. The van der Waals surface area contributed by atoms with Crippen molar-refractivity contribution in [2.24, 2.45) is 11.7 Å². The number of hydrogen-bond acceptors (Lipinski definition) is 4. The Morgan fingerprint density at radius 2 is 2.16 bits per heavy atom. The SMILES string of the molecule is NC(=O)C1CCN(Cc2cccc(N)c2C(=O)O)C1. The van der Waals surface area contributed by atoms with Gasteiger partial charge in [0.2, 0.25) is 5.91 Å². The zero-order valence-corrected chi connectivity index (χ0v) is 10.5. The highest BCUT2D eigenvalue weighted by Gasteiger charge is 2.27. The van der Waals surface area contributed by atoms with Crippen molar-refractivity contribution in [3.05, 3.63) is 29.3 Å². The standard InChI is InChI=1S/C13H17N3O3/c14-10-3-1-2-8(11(10)13(18)19)6-16-5-4-9(7-16)12(15)17/h1-3,9H,4-7,14H2,(H2,15,17)(H,18,19). The number of hydrogen-bond donors (Lipinski definition) is 3. The van der Waals surface area contributed by atoms with E-state index in [1.165, 1.54) is 0 Å². The van der Waals surface area contributed by atoms with Crippen LogP contribution >= 0.6 is 0 Å². The molecular formula is C13H17N3O3. The van der Waals surface area contributed by atoms with E-state index in [1.807, 2.05) is 4.90 Å². The molecule has 5 N–H and O–H groups in total. The monoisotopic (exact) mass is 263 g/mol. The Morgan fingerprint density at radius 3 is 2.74 bits per heavy atom. The van der Waals surface area contributed by atoms with Gasteiger partial charge in [-0.1, -0.05) is 12.1 Å². The van der Waals surface area contributed by atoms with Crippen molar-refractivity contribution in [3.63, 3.8) is 0 Å². The van der Waals surface area contributed by atoms with Crippen LogP contribution in [0.25, 0.3) is 0 Å². The van der Waals surface area contributed by atoms with Gasteiger partial charge in [-0.3, -0.25) is 9.69 Å². The topological polar surface area (TPSA) is 110 Å². The number of primary amides is 1. The maximum absolute atomic E-state index is 11.2. The number of likely N-dealkylation sites (tertiary alicyclic amines) is 1. The van der Waals surface area contributed by atoms with E-state index in [1.54, 1.807) is 18.2 Å². The minimum atomic E-state index is -1.03. The predicted octanol–water partition coefficient (Wildman–Crippen LogP) is 0.274. The summed E-state index contributed by atoms with van der Waals surface area (Å²) >= 11 is 0. The number of rotatable bonds is 4. The number of carbonyl (C=O) groups excluding carboxylic acids is 1. The first-order valence-electron chi connectivity index (χ1n) is 6.11. The van der Waals surface area contributed by atoms with Crippen LogP contribution in [0.5, 0.6) is 0 Å². The number of carboxylic acids is 1. The predicted molar refractivity (Wildman–Crippen MR) is 70.4 cm³/mol. The molecule has 1 heterocycles. The zero-order valence-electron chi connectivity index (χ0n) is 10.5. The second-order valence-electron chi connectivity index (χ2n) is 4.81. The van der Waals surface area contributed by atoms with Crippen molar-refractivity contribution in [2.75, 3.05) is 18.8 Å². The summed E-state index contributed by atoms with van der Waals surface area (Å²) in [5.41, 5.74) is 12.0. The molecule has 19 heavy (non-hydrogen) atoms. The van der Waals surface area contributed by atoms with Gasteiger partial charge in [0.25, 0.3) is 0 Å². The molecular weight excluding hydrogens is 246 g/mol. The molecule has 1 fully saturated rings. The van der Waals surface area contributed by atoms with E-state index in [0.29, 0.717) is 18.7 Å². The molecule has 1 amide bonds. The molecule has 1 aliphatic heterocycles. The summed E-state index contributed by atoms with van der Waals surface area (Å²) < 4.78 is 0. The van der Waals surface area contributed by atoms with Crippen LogP contribution in [0.4, 0.5) is 5.69 Å². The van der Waals surface area contributed by atoms with Crippen LogP contribution in [0.2, 0.25) is 0 Å². The van der Waals surface area contributed by atoms with Crippen LogP contribution < -0.4 is 11.5 Å². The van der Waals surface area contributed by atoms with Gasteiger partial charge in [0, 0.05) is 18.8 Å². The Labute approximate surface area is 111 Å². The summed E-state index contributed by atoms with van der Waals surface area (Å²) in [6, 6.07) is 5.05. The summed E-state index contributed by atoms with van der Waals surface area (Å²) in [5, 5.41) is 9.19. The lowest BCUT2D eigenvalue weighted by Crippen LogP contribution is -2.27. The molecule has 0 bridgehead atoms. The number of benzene rings is 1. The van der Waals surface area contributed by atoms with E-state index in [2.05, 4.69) is 0 Å². The molecule has 1 saturated heterocycles. The van der Waals surface area contributed by atoms with Crippen molar-refractivity contribution in [1.29, 1.82) is 0 Å². The van der Waals surface area contributed by atoms with E-state index in [-0.39, 0.29) is 23.1 Å². The summed E-state index contributed by atoms with van der Waals surface area (Å²) in [5.74, 6) is -1.47. The lowest BCUT2D eigenvalue weighted by molar-refractivity contribution is -0.121. The first-order valence-corrected chi connectivity index (χ1v) is 6.11. The van der Waals surface area contributed by atoms with Crippen molar-refractivity contribution in [1.82, 2.24) is 4.90 Å². The molecule has 2 rings (SSSR count). The molecule has 0 spiro atoms. The van der Waals surface area contributed by atoms with Gasteiger partial charge in [0.05, 0.1) is 11.5 Å². The summed E-state index contributed by atoms with van der Waals surface area (Å²) in [7, 11) is 0. The van der Waals surface area contributed by atoms with Gasteiger partial charge in [-0.25, -0.2) is 4.79 Å². The van der Waals surface area contributed by atoms with Crippen LogP contribution in [0.3, 0.4) is 0 Å². The third-order valence-corrected chi connectivity index (χ3v) is 3.47. The van der Waals surface area contributed by atoms with Crippen LogP contribution in [0.1, 0.15) is 22.3 Å². The number of aromatic carboxylic acids is 1. The molecule has 6 nitrogen and oxygen atoms in total. The van der Waals surface area contributed by atoms with Gasteiger partial charge in [0.1, 0.15) is 0 Å². The van der Waals surface area contributed by atoms with E-state index in [4.69, 9.17) is 11.5 Å². The fraction of sp³-hybridized carbons (Fsp3) is 0.385. The van der Waals surface area contributed by atoms with E-state index < -0.39 is 5.97 Å². The Bertz CT molecular complexity index is 516. The lowest BCUT2D eigenvalue weighted by Gasteiger charge is -2.17. The van der Waals surface area contributed by atoms with Crippen molar-refractivity contribution >= 4 is 17.6 Å². The Kier molecular flexibility index (Phi) is 3.71. The number of nitrogens with two attached hydrogens (primary N) is 2. The largest absolute Gasteiger partial charge is 0.478 e. The maximum Gasteiger partial charge on any atom is 0.338 e. The molecule has 0 radical (unpaired) electrons. The summed E-state index contributed by atoms with van der Waals surface area (Å²) in [6.45, 7) is 1.78. The van der Waals surface area contributed by atoms with Crippen LogP contribution in [-0.4, -0.2) is 35.0 Å². The zero-order chi connectivity index (χ0) is 14.0. The molecule has 6 heteroatoms. The second-order valence-corrected chi connectivity index (χ2v) is 4.81. The van der Waals surface area contributed by atoms with Crippen molar-refractivity contribution in [3.8, 4) is 0 Å². The van der Waals surface area contributed by atoms with Gasteiger partial charge in [-0.2, -0.15) is 0 Å². The number of amides is 1. The molecule has 0 saturated carbocycles. The summed E-state index contributed by atoms with van der Waals surface area (Å²) in [4.78, 5) is 24.4. The number of carbonyl (C=O) groups is 2. The molecule has 1 aromatic rings. The summed E-state index contributed by atoms with van der Waals surface area (Å²) in [6.07, 6.45) is 0.722. The normalized spacial score (nSPS) is 19.5. The number of anilines is 1. The Morgan fingerprint density at radius 1 is 1.42 bits per heavy atom. The Balaban J connectivity index is 2.14. The van der Waals surface area contributed by atoms with Gasteiger partial charge >= 0.3 is 5.97 Å². The first kappa shape index (κ1) is 13.4.